The van der Waals surface area contributed by atoms with E-state index in [0.29, 0.717) is 23.8 Å². The molecule has 5 nitrogen and oxygen atoms in total. The van der Waals surface area contributed by atoms with Gasteiger partial charge in [0.15, 0.2) is 0 Å². The molecule has 0 saturated carbocycles. The van der Waals surface area contributed by atoms with Gasteiger partial charge in [0, 0.05) is 30.7 Å². The minimum Gasteiger partial charge on any atom is -0.351 e. The quantitative estimate of drug-likeness (QED) is 0.912. The number of carbonyl (C=O) groups is 1. The van der Waals surface area contributed by atoms with Crippen LogP contribution in [0.15, 0.2) is 34.9 Å². The lowest BCUT2D eigenvalue weighted by Gasteiger charge is -2.36. The predicted octanol–water partition coefficient (Wildman–Crippen LogP) is 2.84. The van der Waals surface area contributed by atoms with Crippen molar-refractivity contribution in [3.8, 4) is 0 Å². The van der Waals surface area contributed by atoms with Gasteiger partial charge in [-0.1, -0.05) is 35.0 Å². The standard InChI is InChI=1S/C15H16ClN3O2.ClH/c1-10-8-14(21-18-10)15(20)19-7-6-17-9-13(19)11-4-2-3-5-12(11)16;/h2-5,8,13,17H,6-7,9H2,1H3;1H. The molecule has 118 valence electrons. The number of hydrogen-bond donors (Lipinski definition) is 1. The Hall–Kier alpha value is -1.56. The van der Waals surface area contributed by atoms with Crippen LogP contribution in [0.3, 0.4) is 0 Å². The lowest BCUT2D eigenvalue weighted by atomic mass is 10.0. The summed E-state index contributed by atoms with van der Waals surface area (Å²) < 4.78 is 5.10. The van der Waals surface area contributed by atoms with Gasteiger partial charge in [0.25, 0.3) is 5.91 Å². The van der Waals surface area contributed by atoms with Crippen molar-refractivity contribution in [2.24, 2.45) is 0 Å². The third-order valence-corrected chi connectivity index (χ3v) is 3.95. The predicted molar refractivity (Wildman–Crippen MR) is 86.6 cm³/mol. The summed E-state index contributed by atoms with van der Waals surface area (Å²) in [4.78, 5) is 14.4. The van der Waals surface area contributed by atoms with E-state index in [1.807, 2.05) is 24.3 Å². The highest BCUT2D eigenvalue weighted by Crippen LogP contribution is 2.29. The molecule has 2 heterocycles. The number of nitrogens with zero attached hydrogens (tertiary/aromatic N) is 2. The Kier molecular flexibility index (Phi) is 5.45. The maximum Gasteiger partial charge on any atom is 0.293 e. The van der Waals surface area contributed by atoms with Crippen LogP contribution in [0, 0.1) is 6.92 Å². The number of rotatable bonds is 2. The summed E-state index contributed by atoms with van der Waals surface area (Å²) in [6.07, 6.45) is 0. The van der Waals surface area contributed by atoms with Crippen LogP contribution in [-0.2, 0) is 0 Å². The number of aromatic nitrogens is 1. The molecule has 1 fully saturated rings. The highest BCUT2D eigenvalue weighted by molar-refractivity contribution is 6.31. The van der Waals surface area contributed by atoms with Gasteiger partial charge in [0.05, 0.1) is 11.7 Å². The van der Waals surface area contributed by atoms with E-state index in [1.165, 1.54) is 0 Å². The summed E-state index contributed by atoms with van der Waals surface area (Å²) in [5, 5.41) is 7.75. The average Bonchev–Trinajstić information content (AvgIpc) is 2.94. The molecule has 1 unspecified atom stereocenters. The van der Waals surface area contributed by atoms with Crippen LogP contribution in [0.25, 0.3) is 0 Å². The molecule has 7 heteroatoms. The molecule has 22 heavy (non-hydrogen) atoms. The van der Waals surface area contributed by atoms with Gasteiger partial charge in [-0.25, -0.2) is 0 Å². The molecule has 0 bridgehead atoms. The number of hydrogen-bond acceptors (Lipinski definition) is 4. The van der Waals surface area contributed by atoms with Crippen molar-refractivity contribution < 1.29 is 9.32 Å². The van der Waals surface area contributed by atoms with Gasteiger partial charge < -0.3 is 14.7 Å². The van der Waals surface area contributed by atoms with E-state index in [4.69, 9.17) is 16.1 Å². The number of halogens is 2. The molecule has 1 amide bonds. The van der Waals surface area contributed by atoms with E-state index in [0.717, 1.165) is 12.1 Å². The average molecular weight is 342 g/mol. The highest BCUT2D eigenvalue weighted by Gasteiger charge is 2.31. The molecule has 0 radical (unpaired) electrons. The zero-order chi connectivity index (χ0) is 14.8. The van der Waals surface area contributed by atoms with Crippen molar-refractivity contribution >= 4 is 29.9 Å². The number of amides is 1. The van der Waals surface area contributed by atoms with Crippen LogP contribution in [0.4, 0.5) is 0 Å². The summed E-state index contributed by atoms with van der Waals surface area (Å²) in [5.74, 6) is 0.119. The van der Waals surface area contributed by atoms with Gasteiger partial charge in [0.2, 0.25) is 5.76 Å². The van der Waals surface area contributed by atoms with Crippen LogP contribution >= 0.6 is 24.0 Å². The van der Waals surface area contributed by atoms with Gasteiger partial charge in [-0.2, -0.15) is 0 Å². The topological polar surface area (TPSA) is 58.4 Å². The van der Waals surface area contributed by atoms with Crippen LogP contribution in [0.1, 0.15) is 27.9 Å². The second-order valence-corrected chi connectivity index (χ2v) is 5.48. The summed E-state index contributed by atoms with van der Waals surface area (Å²) in [6, 6.07) is 9.16. The Morgan fingerprint density at radius 1 is 1.45 bits per heavy atom. The smallest absolute Gasteiger partial charge is 0.293 e. The second-order valence-electron chi connectivity index (χ2n) is 5.07. The van der Waals surface area contributed by atoms with E-state index in [-0.39, 0.29) is 30.1 Å². The zero-order valence-corrected chi connectivity index (χ0v) is 13.7. The van der Waals surface area contributed by atoms with Gasteiger partial charge >= 0.3 is 0 Å². The number of aryl methyl sites for hydroxylation is 1. The maximum absolute atomic E-state index is 12.6. The van der Waals surface area contributed by atoms with Crippen LogP contribution in [0.2, 0.25) is 5.02 Å². The van der Waals surface area contributed by atoms with E-state index < -0.39 is 0 Å². The van der Waals surface area contributed by atoms with Crippen molar-refractivity contribution in [1.29, 1.82) is 0 Å². The third-order valence-electron chi connectivity index (χ3n) is 3.61. The fourth-order valence-corrected chi connectivity index (χ4v) is 2.84. The molecule has 2 aromatic rings. The SMILES string of the molecule is Cc1cc(C(=O)N2CCNCC2c2ccccc2Cl)on1.Cl. The summed E-state index contributed by atoms with van der Waals surface area (Å²) in [6.45, 7) is 3.82. The van der Waals surface area contributed by atoms with Crippen molar-refractivity contribution in [2.75, 3.05) is 19.6 Å². The molecule has 1 aliphatic rings. The Morgan fingerprint density at radius 2 is 2.23 bits per heavy atom. The minimum atomic E-state index is -0.151. The van der Waals surface area contributed by atoms with Crippen molar-refractivity contribution in [3.63, 3.8) is 0 Å². The van der Waals surface area contributed by atoms with Gasteiger partial charge in [0.1, 0.15) is 0 Å². The van der Waals surface area contributed by atoms with Crippen molar-refractivity contribution in [2.45, 2.75) is 13.0 Å². The van der Waals surface area contributed by atoms with Crippen LogP contribution in [-0.4, -0.2) is 35.6 Å². The van der Waals surface area contributed by atoms with Crippen LogP contribution < -0.4 is 5.32 Å². The first-order chi connectivity index (χ1) is 10.2. The fourth-order valence-electron chi connectivity index (χ4n) is 2.58. The van der Waals surface area contributed by atoms with Gasteiger partial charge in [-0.15, -0.1) is 12.4 Å². The van der Waals surface area contributed by atoms with Crippen molar-refractivity contribution in [3.05, 3.63) is 52.4 Å². The zero-order valence-electron chi connectivity index (χ0n) is 12.1. The minimum absolute atomic E-state index is 0. The molecule has 0 aliphatic carbocycles. The van der Waals surface area contributed by atoms with Crippen molar-refractivity contribution in [1.82, 2.24) is 15.4 Å². The molecule has 1 aromatic heterocycles. The van der Waals surface area contributed by atoms with Gasteiger partial charge in [-0.05, 0) is 18.6 Å². The van der Waals surface area contributed by atoms with E-state index in [2.05, 4.69) is 10.5 Å². The second kappa shape index (κ2) is 7.13. The molecule has 3 rings (SSSR count). The molecular weight excluding hydrogens is 325 g/mol. The van der Waals surface area contributed by atoms with E-state index >= 15 is 0 Å². The first-order valence-electron chi connectivity index (χ1n) is 6.86. The molecule has 1 atom stereocenters. The highest BCUT2D eigenvalue weighted by atomic mass is 35.5. The maximum atomic E-state index is 12.6. The van der Waals surface area contributed by atoms with Gasteiger partial charge in [-0.3, -0.25) is 4.79 Å². The fraction of sp³-hybridized carbons (Fsp3) is 0.333. The third kappa shape index (κ3) is 3.27. The van der Waals surface area contributed by atoms with Crippen LogP contribution in [0.5, 0.6) is 0 Å². The Bertz CT molecular complexity index is 660. The molecule has 1 aliphatic heterocycles. The normalized spacial score (nSPS) is 17.9. The molecule has 0 spiro atoms. The summed E-state index contributed by atoms with van der Waals surface area (Å²) in [5.41, 5.74) is 1.64. The Morgan fingerprint density at radius 3 is 2.91 bits per heavy atom. The lowest BCUT2D eigenvalue weighted by molar-refractivity contribution is 0.0592. The molecular formula is C15H17Cl2N3O2. The first-order valence-corrected chi connectivity index (χ1v) is 7.24. The Balaban J connectivity index is 0.00000176. The number of benzene rings is 1. The summed E-state index contributed by atoms with van der Waals surface area (Å²) in [7, 11) is 0. The monoisotopic (exact) mass is 341 g/mol. The number of carbonyl (C=O) groups excluding carboxylic acids is 1. The largest absolute Gasteiger partial charge is 0.351 e. The molecule has 1 aromatic carbocycles. The first kappa shape index (κ1) is 16.8. The lowest BCUT2D eigenvalue weighted by Crippen LogP contribution is -2.48. The van der Waals surface area contributed by atoms with E-state index in [1.54, 1.807) is 17.9 Å². The van der Waals surface area contributed by atoms with E-state index in [9.17, 15) is 4.79 Å². The summed E-state index contributed by atoms with van der Waals surface area (Å²) >= 11 is 6.28. The number of nitrogens with one attached hydrogen (secondary N) is 1. The Labute approximate surface area is 140 Å². The number of piperazine rings is 1. The molecule has 1 saturated heterocycles. The molecule has 1 N–H and O–H groups in total.